The van der Waals surface area contributed by atoms with E-state index in [1.54, 1.807) is 6.20 Å². The summed E-state index contributed by atoms with van der Waals surface area (Å²) >= 11 is 12.1. The molecule has 1 aliphatic heterocycles. The average molecular weight is 241 g/mol. The highest BCUT2D eigenvalue weighted by molar-refractivity contribution is 6.34. The Morgan fingerprint density at radius 2 is 2.20 bits per heavy atom. The van der Waals surface area contributed by atoms with Crippen LogP contribution in [0.4, 0.5) is 0 Å². The van der Waals surface area contributed by atoms with Crippen molar-refractivity contribution in [1.29, 1.82) is 0 Å². The van der Waals surface area contributed by atoms with Crippen molar-refractivity contribution in [2.45, 2.75) is 6.92 Å². The van der Waals surface area contributed by atoms with Crippen molar-refractivity contribution < 1.29 is 0 Å². The molecule has 1 N–H and O–H groups in total. The molecule has 0 radical (unpaired) electrons. The Hall–Kier alpha value is -0.990. The first-order valence-electron chi connectivity index (χ1n) is 4.59. The molecular formula is C11H10Cl2N2. The molecule has 4 heteroatoms. The van der Waals surface area contributed by atoms with E-state index in [0.29, 0.717) is 11.6 Å². The standard InChI is InChI=1S/C11H10Cl2N2/c1-7-10(12)4-8(5-15-7)9-2-3-14-6-11(9)13/h2-5,14H,6H2,1H3. The van der Waals surface area contributed by atoms with Gasteiger partial charge in [-0.05, 0) is 25.3 Å². The molecule has 15 heavy (non-hydrogen) atoms. The van der Waals surface area contributed by atoms with E-state index in [-0.39, 0.29) is 0 Å². The summed E-state index contributed by atoms with van der Waals surface area (Å²) in [6, 6.07) is 1.89. The fourth-order valence-electron chi connectivity index (χ4n) is 1.38. The third kappa shape index (κ3) is 2.16. The minimum atomic E-state index is 0.652. The highest BCUT2D eigenvalue weighted by Gasteiger charge is 2.09. The number of aromatic nitrogens is 1. The Morgan fingerprint density at radius 3 is 2.87 bits per heavy atom. The van der Waals surface area contributed by atoms with E-state index >= 15 is 0 Å². The van der Waals surface area contributed by atoms with Crippen molar-refractivity contribution in [3.63, 3.8) is 0 Å². The quantitative estimate of drug-likeness (QED) is 0.817. The second kappa shape index (κ2) is 4.25. The second-order valence-corrected chi connectivity index (χ2v) is 4.19. The summed E-state index contributed by atoms with van der Waals surface area (Å²) in [5.41, 5.74) is 2.76. The average Bonchev–Trinajstić information content (AvgIpc) is 2.23. The van der Waals surface area contributed by atoms with Gasteiger partial charge in [0.2, 0.25) is 0 Å². The predicted octanol–water partition coefficient (Wildman–Crippen LogP) is 3.11. The first-order valence-corrected chi connectivity index (χ1v) is 5.35. The van der Waals surface area contributed by atoms with Crippen molar-refractivity contribution in [2.75, 3.05) is 6.54 Å². The molecule has 0 spiro atoms. The summed E-state index contributed by atoms with van der Waals surface area (Å²) in [5.74, 6) is 0. The van der Waals surface area contributed by atoms with Crippen LogP contribution in [0.5, 0.6) is 0 Å². The first kappa shape index (κ1) is 10.5. The van der Waals surface area contributed by atoms with Gasteiger partial charge in [-0.15, -0.1) is 0 Å². The van der Waals surface area contributed by atoms with Gasteiger partial charge in [0.15, 0.2) is 0 Å². The minimum Gasteiger partial charge on any atom is -0.386 e. The molecule has 0 aromatic carbocycles. The van der Waals surface area contributed by atoms with Crippen LogP contribution in [-0.4, -0.2) is 11.5 Å². The summed E-state index contributed by atoms with van der Waals surface area (Å²) < 4.78 is 0. The number of allylic oxidation sites excluding steroid dienone is 2. The van der Waals surface area contributed by atoms with Crippen LogP contribution in [0.15, 0.2) is 29.6 Å². The van der Waals surface area contributed by atoms with Gasteiger partial charge in [-0.25, -0.2) is 0 Å². The van der Waals surface area contributed by atoms with Crippen LogP contribution in [-0.2, 0) is 0 Å². The Kier molecular flexibility index (Phi) is 2.98. The lowest BCUT2D eigenvalue weighted by Gasteiger charge is -2.12. The summed E-state index contributed by atoms with van der Waals surface area (Å²) in [6.07, 6.45) is 5.58. The van der Waals surface area contributed by atoms with Crippen LogP contribution >= 0.6 is 23.2 Å². The topological polar surface area (TPSA) is 24.9 Å². The lowest BCUT2D eigenvalue weighted by Crippen LogP contribution is -2.12. The molecule has 0 bridgehead atoms. The SMILES string of the molecule is Cc1ncc(C2=C(Cl)CNC=C2)cc1Cl. The molecule has 78 valence electrons. The van der Waals surface area contributed by atoms with Crippen molar-refractivity contribution in [3.05, 3.63) is 45.9 Å². The van der Waals surface area contributed by atoms with Crippen LogP contribution in [0.1, 0.15) is 11.3 Å². The number of dihydropyridines is 1. The van der Waals surface area contributed by atoms with E-state index in [1.165, 1.54) is 0 Å². The van der Waals surface area contributed by atoms with Gasteiger partial charge >= 0.3 is 0 Å². The van der Waals surface area contributed by atoms with Gasteiger partial charge in [0.05, 0.1) is 17.3 Å². The first-order chi connectivity index (χ1) is 7.18. The molecule has 0 fully saturated rings. The number of nitrogens with one attached hydrogen (secondary N) is 1. The van der Waals surface area contributed by atoms with E-state index in [0.717, 1.165) is 21.9 Å². The normalized spacial score (nSPS) is 15.4. The molecule has 1 aliphatic rings. The number of aryl methyl sites for hydroxylation is 1. The number of rotatable bonds is 1. The summed E-state index contributed by atoms with van der Waals surface area (Å²) in [6.45, 7) is 2.53. The molecule has 2 rings (SSSR count). The van der Waals surface area contributed by atoms with Crippen molar-refractivity contribution in [3.8, 4) is 0 Å². The molecule has 2 nitrogen and oxygen atoms in total. The highest BCUT2D eigenvalue weighted by Crippen LogP contribution is 2.26. The molecule has 0 saturated heterocycles. The van der Waals surface area contributed by atoms with E-state index < -0.39 is 0 Å². The number of hydrogen-bond donors (Lipinski definition) is 1. The lowest BCUT2D eigenvalue weighted by atomic mass is 10.1. The van der Waals surface area contributed by atoms with Crippen molar-refractivity contribution in [1.82, 2.24) is 10.3 Å². The zero-order chi connectivity index (χ0) is 10.8. The minimum absolute atomic E-state index is 0.652. The second-order valence-electron chi connectivity index (χ2n) is 3.32. The maximum absolute atomic E-state index is 6.10. The van der Waals surface area contributed by atoms with E-state index in [2.05, 4.69) is 10.3 Å². The van der Waals surface area contributed by atoms with Gasteiger partial charge in [0.1, 0.15) is 0 Å². The van der Waals surface area contributed by atoms with Gasteiger partial charge in [-0.3, -0.25) is 4.98 Å². The molecule has 0 saturated carbocycles. The predicted molar refractivity (Wildman–Crippen MR) is 63.9 cm³/mol. The van der Waals surface area contributed by atoms with E-state index in [1.807, 2.05) is 25.3 Å². The highest BCUT2D eigenvalue weighted by atomic mass is 35.5. The zero-order valence-corrected chi connectivity index (χ0v) is 9.73. The maximum atomic E-state index is 6.10. The number of nitrogens with zero attached hydrogens (tertiary/aromatic N) is 1. The van der Waals surface area contributed by atoms with Crippen LogP contribution in [0, 0.1) is 6.92 Å². The molecule has 0 amide bonds. The third-order valence-electron chi connectivity index (χ3n) is 2.25. The molecule has 1 aromatic heterocycles. The Labute approximate surface area is 98.6 Å². The van der Waals surface area contributed by atoms with Crippen LogP contribution in [0.2, 0.25) is 5.02 Å². The number of hydrogen-bond acceptors (Lipinski definition) is 2. The molecule has 0 atom stereocenters. The Bertz CT molecular complexity index is 450. The van der Waals surface area contributed by atoms with Gasteiger partial charge in [0.25, 0.3) is 0 Å². The number of pyridine rings is 1. The van der Waals surface area contributed by atoms with Crippen LogP contribution in [0.25, 0.3) is 5.57 Å². The van der Waals surface area contributed by atoms with Crippen LogP contribution in [0.3, 0.4) is 0 Å². The third-order valence-corrected chi connectivity index (χ3v) is 2.97. The van der Waals surface area contributed by atoms with Crippen LogP contribution < -0.4 is 5.32 Å². The maximum Gasteiger partial charge on any atom is 0.0624 e. The van der Waals surface area contributed by atoms with E-state index in [4.69, 9.17) is 23.2 Å². The number of halogens is 2. The van der Waals surface area contributed by atoms with Gasteiger partial charge in [-0.1, -0.05) is 23.2 Å². The summed E-state index contributed by atoms with van der Waals surface area (Å²) in [7, 11) is 0. The fraction of sp³-hybridized carbons (Fsp3) is 0.182. The summed E-state index contributed by atoms with van der Waals surface area (Å²) in [5, 5.41) is 4.48. The van der Waals surface area contributed by atoms with E-state index in [9.17, 15) is 0 Å². The largest absolute Gasteiger partial charge is 0.386 e. The Morgan fingerprint density at radius 1 is 1.40 bits per heavy atom. The Balaban J connectivity index is 2.46. The van der Waals surface area contributed by atoms with Gasteiger partial charge in [0, 0.05) is 22.4 Å². The molecule has 2 heterocycles. The molecule has 0 aliphatic carbocycles. The lowest BCUT2D eigenvalue weighted by molar-refractivity contribution is 0.962. The smallest absolute Gasteiger partial charge is 0.0624 e. The van der Waals surface area contributed by atoms with Crippen molar-refractivity contribution >= 4 is 28.8 Å². The molecular weight excluding hydrogens is 231 g/mol. The zero-order valence-electron chi connectivity index (χ0n) is 8.22. The van der Waals surface area contributed by atoms with Crippen molar-refractivity contribution in [2.24, 2.45) is 0 Å². The molecule has 0 unspecified atom stereocenters. The monoisotopic (exact) mass is 240 g/mol. The fourth-order valence-corrected chi connectivity index (χ4v) is 1.80. The van der Waals surface area contributed by atoms with Gasteiger partial charge < -0.3 is 5.32 Å². The molecule has 1 aromatic rings. The van der Waals surface area contributed by atoms with Gasteiger partial charge in [-0.2, -0.15) is 0 Å². The summed E-state index contributed by atoms with van der Waals surface area (Å²) in [4.78, 5) is 4.21.